The van der Waals surface area contributed by atoms with E-state index >= 15 is 0 Å². The van der Waals surface area contributed by atoms with Crippen molar-refractivity contribution < 1.29 is 9.53 Å². The SMILES string of the molecule is COc1ccc(Cl)c2sc(NC(=O)Cn3cnc(C)c(C)c3=O)nc12. The molecule has 3 rings (SSSR count). The normalized spacial score (nSPS) is 10.9. The number of thiazole rings is 1. The van der Waals surface area contributed by atoms with Gasteiger partial charge in [-0.25, -0.2) is 9.97 Å². The highest BCUT2D eigenvalue weighted by atomic mass is 35.5. The summed E-state index contributed by atoms with van der Waals surface area (Å²) in [6.45, 7) is 3.29. The van der Waals surface area contributed by atoms with Crippen LogP contribution in [0, 0.1) is 13.8 Å². The highest BCUT2D eigenvalue weighted by molar-refractivity contribution is 7.23. The lowest BCUT2D eigenvalue weighted by Gasteiger charge is -2.07. The molecule has 0 aliphatic heterocycles. The zero-order valence-corrected chi connectivity index (χ0v) is 15.4. The molecule has 2 aromatic heterocycles. The molecule has 0 atom stereocenters. The molecule has 2 heterocycles. The number of hydrogen-bond acceptors (Lipinski definition) is 6. The van der Waals surface area contributed by atoms with Gasteiger partial charge in [-0.2, -0.15) is 0 Å². The number of rotatable bonds is 4. The van der Waals surface area contributed by atoms with Crippen molar-refractivity contribution >= 4 is 44.2 Å². The molecule has 9 heteroatoms. The monoisotopic (exact) mass is 378 g/mol. The number of aryl methyl sites for hydroxylation is 1. The summed E-state index contributed by atoms with van der Waals surface area (Å²) in [7, 11) is 1.54. The Morgan fingerprint density at radius 2 is 2.16 bits per heavy atom. The molecule has 0 spiro atoms. The van der Waals surface area contributed by atoms with Crippen molar-refractivity contribution in [2.75, 3.05) is 12.4 Å². The van der Waals surface area contributed by atoms with Crippen LogP contribution >= 0.6 is 22.9 Å². The van der Waals surface area contributed by atoms with E-state index in [0.29, 0.717) is 32.7 Å². The third kappa shape index (κ3) is 3.35. The average Bonchev–Trinajstić information content (AvgIpc) is 3.00. The summed E-state index contributed by atoms with van der Waals surface area (Å²) in [5.74, 6) is 0.201. The van der Waals surface area contributed by atoms with Crippen LogP contribution < -0.4 is 15.6 Å². The molecule has 25 heavy (non-hydrogen) atoms. The van der Waals surface area contributed by atoms with E-state index in [0.717, 1.165) is 4.70 Å². The van der Waals surface area contributed by atoms with Crippen LogP contribution in [0.3, 0.4) is 0 Å². The summed E-state index contributed by atoms with van der Waals surface area (Å²) >= 11 is 7.41. The highest BCUT2D eigenvalue weighted by Crippen LogP contribution is 2.37. The minimum Gasteiger partial charge on any atom is -0.494 e. The zero-order chi connectivity index (χ0) is 18.1. The lowest BCUT2D eigenvalue weighted by atomic mass is 10.3. The second kappa shape index (κ2) is 6.81. The number of halogens is 1. The molecule has 0 unspecified atom stereocenters. The van der Waals surface area contributed by atoms with Gasteiger partial charge in [0.25, 0.3) is 5.56 Å². The van der Waals surface area contributed by atoms with Crippen molar-refractivity contribution in [3.8, 4) is 5.75 Å². The molecule has 1 N–H and O–H groups in total. The second-order valence-corrected chi connectivity index (χ2v) is 6.79. The number of amides is 1. The third-order valence-corrected chi connectivity index (χ3v) is 5.18. The van der Waals surface area contributed by atoms with Gasteiger partial charge in [-0.3, -0.25) is 14.2 Å². The molecule has 7 nitrogen and oxygen atoms in total. The maximum atomic E-state index is 12.3. The Kier molecular flexibility index (Phi) is 4.73. The van der Waals surface area contributed by atoms with Crippen LogP contribution in [-0.4, -0.2) is 27.6 Å². The number of ether oxygens (including phenoxy) is 1. The Balaban J connectivity index is 1.84. The number of nitrogens with one attached hydrogen (secondary N) is 1. The Morgan fingerprint density at radius 1 is 1.40 bits per heavy atom. The van der Waals surface area contributed by atoms with Crippen LogP contribution in [0.4, 0.5) is 5.13 Å². The van der Waals surface area contributed by atoms with Gasteiger partial charge in [0.1, 0.15) is 17.8 Å². The number of carbonyl (C=O) groups is 1. The van der Waals surface area contributed by atoms with Crippen LogP contribution in [0.2, 0.25) is 5.02 Å². The Labute approximate surface area is 152 Å². The summed E-state index contributed by atoms with van der Waals surface area (Å²) in [5.41, 5.74) is 1.51. The van der Waals surface area contributed by atoms with Gasteiger partial charge >= 0.3 is 0 Å². The maximum Gasteiger partial charge on any atom is 0.256 e. The number of carbonyl (C=O) groups excluding carboxylic acids is 1. The number of anilines is 1. The van der Waals surface area contributed by atoms with Crippen LogP contribution in [-0.2, 0) is 11.3 Å². The molecule has 0 radical (unpaired) electrons. The summed E-state index contributed by atoms with van der Waals surface area (Å²) in [5, 5.41) is 3.60. The highest BCUT2D eigenvalue weighted by Gasteiger charge is 2.15. The van der Waals surface area contributed by atoms with E-state index in [4.69, 9.17) is 16.3 Å². The molecule has 0 saturated heterocycles. The number of nitrogens with zero attached hydrogens (tertiary/aromatic N) is 3. The minimum atomic E-state index is -0.374. The Bertz CT molecular complexity index is 1030. The number of aromatic nitrogens is 3. The molecule has 0 aliphatic carbocycles. The second-order valence-electron chi connectivity index (χ2n) is 5.38. The summed E-state index contributed by atoms with van der Waals surface area (Å²) < 4.78 is 7.24. The lowest BCUT2D eigenvalue weighted by Crippen LogP contribution is -2.29. The average molecular weight is 379 g/mol. The topological polar surface area (TPSA) is 86.1 Å². The number of fused-ring (bicyclic) bond motifs is 1. The van der Waals surface area contributed by atoms with Crippen molar-refractivity contribution in [1.29, 1.82) is 0 Å². The standard InChI is InChI=1S/C16H15ClN4O3S/c1-8-9(2)18-7-21(15(8)23)6-12(22)19-16-20-13-11(24-3)5-4-10(17)14(13)25-16/h4-5,7H,6H2,1-3H3,(H,19,20,22). The van der Waals surface area contributed by atoms with E-state index in [1.54, 1.807) is 33.1 Å². The molecule has 1 aromatic carbocycles. The molecule has 0 aliphatic rings. The predicted octanol–water partition coefficient (Wildman–Crippen LogP) is 2.77. The first-order chi connectivity index (χ1) is 11.9. The Hall–Kier alpha value is -2.45. The van der Waals surface area contributed by atoms with Gasteiger partial charge in [-0.1, -0.05) is 22.9 Å². The molecule has 0 bridgehead atoms. The van der Waals surface area contributed by atoms with E-state index in [1.165, 1.54) is 22.2 Å². The first-order valence-electron chi connectivity index (χ1n) is 7.36. The van der Waals surface area contributed by atoms with E-state index in [1.807, 2.05) is 0 Å². The minimum absolute atomic E-state index is 0.145. The van der Waals surface area contributed by atoms with Crippen molar-refractivity contribution in [3.63, 3.8) is 0 Å². The van der Waals surface area contributed by atoms with Crippen LogP contribution in [0.25, 0.3) is 10.2 Å². The van der Waals surface area contributed by atoms with Crippen molar-refractivity contribution in [1.82, 2.24) is 14.5 Å². The van der Waals surface area contributed by atoms with Gasteiger partial charge in [0.2, 0.25) is 5.91 Å². The molecule has 0 fully saturated rings. The van der Waals surface area contributed by atoms with Gasteiger partial charge in [0.15, 0.2) is 5.13 Å². The lowest BCUT2D eigenvalue weighted by molar-refractivity contribution is -0.116. The first-order valence-corrected chi connectivity index (χ1v) is 8.55. The number of methoxy groups -OCH3 is 1. The molecule has 3 aromatic rings. The zero-order valence-electron chi connectivity index (χ0n) is 13.8. The maximum absolute atomic E-state index is 12.3. The molecule has 1 amide bonds. The molecule has 0 saturated carbocycles. The largest absolute Gasteiger partial charge is 0.494 e. The van der Waals surface area contributed by atoms with Gasteiger partial charge in [-0.15, -0.1) is 0 Å². The molecule has 130 valence electrons. The van der Waals surface area contributed by atoms with E-state index in [-0.39, 0.29) is 18.0 Å². The van der Waals surface area contributed by atoms with E-state index in [9.17, 15) is 9.59 Å². The molecular formula is C16H15ClN4O3S. The molecular weight excluding hydrogens is 364 g/mol. The van der Waals surface area contributed by atoms with Gasteiger partial charge < -0.3 is 10.1 Å². The Morgan fingerprint density at radius 3 is 2.88 bits per heavy atom. The quantitative estimate of drug-likeness (QED) is 0.754. The number of benzene rings is 1. The van der Waals surface area contributed by atoms with Crippen molar-refractivity contribution in [3.05, 3.63) is 45.1 Å². The third-order valence-electron chi connectivity index (χ3n) is 3.75. The first kappa shape index (κ1) is 17.4. The van der Waals surface area contributed by atoms with Gasteiger partial charge in [-0.05, 0) is 26.0 Å². The van der Waals surface area contributed by atoms with Crippen LogP contribution in [0.5, 0.6) is 5.75 Å². The number of hydrogen-bond donors (Lipinski definition) is 1. The fraction of sp³-hybridized carbons (Fsp3) is 0.250. The van der Waals surface area contributed by atoms with Crippen molar-refractivity contribution in [2.45, 2.75) is 20.4 Å². The summed E-state index contributed by atoms with van der Waals surface area (Å²) in [6.07, 6.45) is 1.36. The summed E-state index contributed by atoms with van der Waals surface area (Å²) in [4.78, 5) is 32.9. The van der Waals surface area contributed by atoms with E-state index < -0.39 is 0 Å². The predicted molar refractivity (Wildman–Crippen MR) is 97.8 cm³/mol. The van der Waals surface area contributed by atoms with Gasteiger partial charge in [0, 0.05) is 11.3 Å². The smallest absolute Gasteiger partial charge is 0.256 e. The van der Waals surface area contributed by atoms with E-state index in [2.05, 4.69) is 15.3 Å². The van der Waals surface area contributed by atoms with Gasteiger partial charge in [0.05, 0.1) is 23.2 Å². The van der Waals surface area contributed by atoms with Crippen molar-refractivity contribution in [2.24, 2.45) is 0 Å². The summed E-state index contributed by atoms with van der Waals surface area (Å²) in [6, 6.07) is 3.43. The van der Waals surface area contributed by atoms with Crippen LogP contribution in [0.1, 0.15) is 11.3 Å². The van der Waals surface area contributed by atoms with Crippen LogP contribution in [0.15, 0.2) is 23.3 Å². The fourth-order valence-corrected chi connectivity index (χ4v) is 3.44. The fourth-order valence-electron chi connectivity index (χ4n) is 2.27.